The van der Waals surface area contributed by atoms with E-state index >= 15 is 0 Å². The van der Waals surface area contributed by atoms with Crippen molar-refractivity contribution in [2.24, 2.45) is 0 Å². The van der Waals surface area contributed by atoms with Crippen molar-refractivity contribution in [2.45, 2.75) is 37.8 Å². The summed E-state index contributed by atoms with van der Waals surface area (Å²) < 4.78 is 33.5. The van der Waals surface area contributed by atoms with Gasteiger partial charge in [0, 0.05) is 7.05 Å². The van der Waals surface area contributed by atoms with Crippen LogP contribution in [0.3, 0.4) is 0 Å². The molecule has 2 aromatic heterocycles. The number of sulfonamides is 1. The molecule has 1 atom stereocenters. The van der Waals surface area contributed by atoms with Crippen LogP contribution >= 0.6 is 0 Å². The van der Waals surface area contributed by atoms with Gasteiger partial charge < -0.3 is 9.73 Å². The van der Waals surface area contributed by atoms with Crippen molar-refractivity contribution in [1.29, 1.82) is 0 Å². The van der Waals surface area contributed by atoms with Crippen LogP contribution in [0.25, 0.3) is 11.0 Å². The molecule has 0 saturated heterocycles. The van der Waals surface area contributed by atoms with Gasteiger partial charge in [0.2, 0.25) is 15.9 Å². The van der Waals surface area contributed by atoms with E-state index in [2.05, 4.69) is 15.6 Å². The predicted molar refractivity (Wildman–Crippen MR) is 103 cm³/mol. The lowest BCUT2D eigenvalue weighted by atomic mass is 10.2. The highest BCUT2D eigenvalue weighted by Gasteiger charge is 2.24. The molecule has 0 aliphatic rings. The minimum atomic E-state index is -3.84. The monoisotopic (exact) mass is 405 g/mol. The molecule has 3 rings (SSSR count). The molecule has 1 amide bonds. The van der Waals surface area contributed by atoms with E-state index in [4.69, 9.17) is 4.42 Å². The van der Waals surface area contributed by atoms with Crippen molar-refractivity contribution < 1.29 is 17.6 Å². The Morgan fingerprint density at radius 3 is 2.82 bits per heavy atom. The molecule has 0 radical (unpaired) electrons. The van der Waals surface area contributed by atoms with Crippen molar-refractivity contribution in [1.82, 2.24) is 24.6 Å². The summed E-state index contributed by atoms with van der Waals surface area (Å²) >= 11 is 0. The number of carbonyl (C=O) groups excluding carboxylic acids is 1. The van der Waals surface area contributed by atoms with E-state index in [0.717, 1.165) is 16.2 Å². The molecule has 0 aliphatic carbocycles. The number of benzene rings is 1. The lowest BCUT2D eigenvalue weighted by Gasteiger charge is -2.17. The smallest absolute Gasteiger partial charge is 0.243 e. The molecule has 0 aliphatic heterocycles. The highest BCUT2D eigenvalue weighted by atomic mass is 32.2. The summed E-state index contributed by atoms with van der Waals surface area (Å²) in [6.45, 7) is 3.96. The molecule has 0 bridgehead atoms. The van der Waals surface area contributed by atoms with E-state index in [1.165, 1.54) is 25.4 Å². The van der Waals surface area contributed by atoms with E-state index in [0.29, 0.717) is 11.3 Å². The van der Waals surface area contributed by atoms with E-state index in [1.54, 1.807) is 22.9 Å². The zero-order chi connectivity index (χ0) is 20.3. The van der Waals surface area contributed by atoms with Crippen LogP contribution in [0.5, 0.6) is 0 Å². The molecule has 28 heavy (non-hydrogen) atoms. The van der Waals surface area contributed by atoms with Crippen LogP contribution in [-0.2, 0) is 21.4 Å². The quantitative estimate of drug-likeness (QED) is 0.613. The maximum atomic E-state index is 12.8. The first kappa shape index (κ1) is 20.0. The Labute approximate surface area is 163 Å². The van der Waals surface area contributed by atoms with Crippen LogP contribution in [0.1, 0.15) is 32.1 Å². The Balaban J connectivity index is 1.73. The second-order valence-electron chi connectivity index (χ2n) is 6.56. The largest absolute Gasteiger partial charge is 0.467 e. The third kappa shape index (κ3) is 4.07. The van der Waals surface area contributed by atoms with Crippen LogP contribution in [0.15, 0.2) is 45.9 Å². The number of aromatic nitrogens is 3. The van der Waals surface area contributed by atoms with Gasteiger partial charge in [0.05, 0.1) is 35.8 Å². The first-order valence-electron chi connectivity index (χ1n) is 8.93. The summed E-state index contributed by atoms with van der Waals surface area (Å²) in [5.74, 6) is 0.167. The highest BCUT2D eigenvalue weighted by molar-refractivity contribution is 7.89. The van der Waals surface area contributed by atoms with Gasteiger partial charge in [-0.2, -0.15) is 4.31 Å². The van der Waals surface area contributed by atoms with E-state index < -0.39 is 15.9 Å². The number of likely N-dealkylation sites (N-methyl/N-ethyl adjacent to an activating group) is 1. The number of hydrogen-bond donors (Lipinski definition) is 1. The molecule has 0 spiro atoms. The van der Waals surface area contributed by atoms with Gasteiger partial charge in [0.1, 0.15) is 11.3 Å². The molecule has 9 nitrogen and oxygen atoms in total. The lowest BCUT2D eigenvalue weighted by Crippen LogP contribution is -2.38. The molecule has 10 heteroatoms. The molecule has 1 aromatic carbocycles. The first-order chi connectivity index (χ1) is 13.3. The molecule has 0 unspecified atom stereocenters. The topological polar surface area (TPSA) is 110 Å². The third-order valence-corrected chi connectivity index (χ3v) is 6.36. The maximum Gasteiger partial charge on any atom is 0.243 e. The average Bonchev–Trinajstić information content (AvgIpc) is 3.34. The second kappa shape index (κ2) is 8.11. The Morgan fingerprint density at radius 2 is 2.14 bits per heavy atom. The Kier molecular flexibility index (Phi) is 5.80. The van der Waals surface area contributed by atoms with Crippen LogP contribution in [0.2, 0.25) is 0 Å². The van der Waals surface area contributed by atoms with Gasteiger partial charge in [-0.05, 0) is 43.7 Å². The fraction of sp³-hybridized carbons (Fsp3) is 0.389. The molecule has 0 saturated carbocycles. The van der Waals surface area contributed by atoms with Crippen LogP contribution in [0, 0.1) is 0 Å². The molecular weight excluding hydrogens is 382 g/mol. The van der Waals surface area contributed by atoms with Gasteiger partial charge in [-0.25, -0.2) is 13.1 Å². The number of nitrogens with one attached hydrogen (secondary N) is 1. The normalized spacial score (nSPS) is 13.1. The molecule has 150 valence electrons. The molecule has 2 heterocycles. The Morgan fingerprint density at radius 1 is 1.36 bits per heavy atom. The van der Waals surface area contributed by atoms with Gasteiger partial charge in [-0.15, -0.1) is 5.10 Å². The molecular formula is C18H23N5O4S. The molecule has 0 fully saturated rings. The highest BCUT2D eigenvalue weighted by Crippen LogP contribution is 2.22. The minimum Gasteiger partial charge on any atom is -0.467 e. The second-order valence-corrected chi connectivity index (χ2v) is 8.60. The predicted octanol–water partition coefficient (Wildman–Crippen LogP) is 1.93. The van der Waals surface area contributed by atoms with E-state index in [-0.39, 0.29) is 24.0 Å². The van der Waals surface area contributed by atoms with Gasteiger partial charge in [0.25, 0.3) is 0 Å². The van der Waals surface area contributed by atoms with Crippen molar-refractivity contribution in [3.05, 3.63) is 42.4 Å². The summed E-state index contributed by atoms with van der Waals surface area (Å²) in [6, 6.07) is 8.28. The number of amides is 1. The number of fused-ring (bicyclic) bond motifs is 1. The van der Waals surface area contributed by atoms with Crippen molar-refractivity contribution >= 4 is 27.0 Å². The average molecular weight is 405 g/mol. The summed E-state index contributed by atoms with van der Waals surface area (Å²) in [7, 11) is -2.48. The summed E-state index contributed by atoms with van der Waals surface area (Å²) in [6.07, 6.45) is 2.39. The minimum absolute atomic E-state index is 0.0672. The van der Waals surface area contributed by atoms with E-state index in [9.17, 15) is 13.2 Å². The van der Waals surface area contributed by atoms with E-state index in [1.807, 2.05) is 13.8 Å². The Hall–Kier alpha value is -2.72. The van der Waals surface area contributed by atoms with Crippen molar-refractivity contribution in [2.75, 3.05) is 13.6 Å². The van der Waals surface area contributed by atoms with Gasteiger partial charge in [-0.3, -0.25) is 4.79 Å². The summed E-state index contributed by atoms with van der Waals surface area (Å²) in [5.41, 5.74) is 1.27. The maximum absolute atomic E-state index is 12.8. The van der Waals surface area contributed by atoms with Gasteiger partial charge in [-0.1, -0.05) is 12.1 Å². The number of furan rings is 1. The number of carbonyl (C=O) groups is 1. The van der Waals surface area contributed by atoms with Crippen molar-refractivity contribution in [3.63, 3.8) is 0 Å². The molecule has 3 aromatic rings. The zero-order valence-electron chi connectivity index (χ0n) is 16.0. The van der Waals surface area contributed by atoms with Crippen molar-refractivity contribution in [3.8, 4) is 0 Å². The number of rotatable bonds is 8. The van der Waals surface area contributed by atoms with Gasteiger partial charge in [0.15, 0.2) is 0 Å². The lowest BCUT2D eigenvalue weighted by molar-refractivity contribution is -0.121. The zero-order valence-corrected chi connectivity index (χ0v) is 16.8. The van der Waals surface area contributed by atoms with Crippen LogP contribution in [-0.4, -0.2) is 47.2 Å². The number of hydrogen-bond acceptors (Lipinski definition) is 6. The first-order valence-corrected chi connectivity index (χ1v) is 10.4. The third-order valence-electron chi connectivity index (χ3n) is 4.57. The Bertz CT molecular complexity index is 1060. The fourth-order valence-electron chi connectivity index (χ4n) is 2.70. The summed E-state index contributed by atoms with van der Waals surface area (Å²) in [5, 5.41) is 10.8. The standard InChI is InChI=1S/C18H23N5O4S/c1-4-13(2)23-17-8-7-15(10-16(17)20-21-23)28(25,26)22(3)12-18(24)19-11-14-6-5-9-27-14/h5-10,13H,4,11-12H2,1-3H3,(H,19,24)/t13-/m0/s1. The summed E-state index contributed by atoms with van der Waals surface area (Å²) in [4.78, 5) is 12.1. The number of nitrogens with zero attached hydrogens (tertiary/aromatic N) is 4. The van der Waals surface area contributed by atoms with Crippen LogP contribution in [0.4, 0.5) is 0 Å². The van der Waals surface area contributed by atoms with Gasteiger partial charge >= 0.3 is 0 Å². The fourth-order valence-corrected chi connectivity index (χ4v) is 3.85. The van der Waals surface area contributed by atoms with Crippen LogP contribution < -0.4 is 5.32 Å². The molecule has 1 N–H and O–H groups in total. The SMILES string of the molecule is CC[C@H](C)n1nnc2cc(S(=O)(=O)N(C)CC(=O)NCc3ccco3)ccc21.